The van der Waals surface area contributed by atoms with E-state index in [-0.39, 0.29) is 11.9 Å². The minimum Gasteiger partial charge on any atom is -0.379 e. The van der Waals surface area contributed by atoms with Crippen molar-refractivity contribution in [1.82, 2.24) is 24.5 Å². The lowest BCUT2D eigenvalue weighted by Crippen LogP contribution is -2.35. The van der Waals surface area contributed by atoms with Crippen LogP contribution in [0.25, 0.3) is 11.1 Å². The third-order valence-corrected chi connectivity index (χ3v) is 7.78. The number of hydrogen-bond donors (Lipinski definition) is 0. The van der Waals surface area contributed by atoms with Crippen molar-refractivity contribution in [2.75, 3.05) is 31.2 Å². The van der Waals surface area contributed by atoms with E-state index < -0.39 is 0 Å². The molecule has 3 aromatic rings. The Morgan fingerprint density at radius 3 is 2.82 bits per heavy atom. The van der Waals surface area contributed by atoms with Crippen molar-refractivity contribution in [2.24, 2.45) is 7.05 Å². The van der Waals surface area contributed by atoms with Gasteiger partial charge in [0.15, 0.2) is 5.82 Å². The fourth-order valence-electron chi connectivity index (χ4n) is 5.57. The Balaban J connectivity index is 1.45. The summed E-state index contributed by atoms with van der Waals surface area (Å²) in [4.78, 5) is 16.5. The molecule has 0 bridgehead atoms. The number of rotatable bonds is 3. The summed E-state index contributed by atoms with van der Waals surface area (Å²) < 4.78 is 9.67. The second kappa shape index (κ2) is 8.43. The average Bonchev–Trinajstić information content (AvgIpc) is 3.58. The highest BCUT2D eigenvalue weighted by atomic mass is 35.5. The smallest absolute Gasteiger partial charge is 0.219 e. The van der Waals surface area contributed by atoms with Gasteiger partial charge in [0.05, 0.1) is 30.4 Å². The summed E-state index contributed by atoms with van der Waals surface area (Å²) in [5.74, 6) is 1.07. The first kappa shape index (κ1) is 21.7. The third kappa shape index (κ3) is 3.51. The van der Waals surface area contributed by atoms with E-state index >= 15 is 0 Å². The van der Waals surface area contributed by atoms with E-state index in [2.05, 4.69) is 26.8 Å². The first-order valence-electron chi connectivity index (χ1n) is 12.0. The molecule has 0 aliphatic carbocycles. The number of hydrogen-bond acceptors (Lipinski definition) is 5. The maximum atomic E-state index is 12.2. The zero-order valence-corrected chi connectivity index (χ0v) is 20.4. The number of benzene rings is 1. The van der Waals surface area contributed by atoms with Gasteiger partial charge in [-0.2, -0.15) is 10.2 Å². The molecule has 0 N–H and O–H groups in total. The molecule has 1 unspecified atom stereocenters. The quantitative estimate of drug-likeness (QED) is 0.569. The lowest BCUT2D eigenvalue weighted by Gasteiger charge is -2.33. The van der Waals surface area contributed by atoms with Crippen LogP contribution in [-0.2, 0) is 36.0 Å². The summed E-state index contributed by atoms with van der Waals surface area (Å²) in [5, 5.41) is 10.3. The van der Waals surface area contributed by atoms with E-state index in [0.29, 0.717) is 13.2 Å². The number of nitrogens with zero attached hydrogens (tertiary/aromatic N) is 6. The fourth-order valence-corrected chi connectivity index (χ4v) is 5.93. The summed E-state index contributed by atoms with van der Waals surface area (Å²) in [6.07, 6.45) is 7.56. The lowest BCUT2D eigenvalue weighted by atomic mass is 9.96. The summed E-state index contributed by atoms with van der Waals surface area (Å²) in [6, 6.07) is 4.51. The van der Waals surface area contributed by atoms with Gasteiger partial charge in [-0.15, -0.1) is 0 Å². The molecule has 2 aromatic heterocycles. The Morgan fingerprint density at radius 1 is 1.21 bits per heavy atom. The van der Waals surface area contributed by atoms with E-state index in [9.17, 15) is 4.79 Å². The average molecular weight is 481 g/mol. The van der Waals surface area contributed by atoms with Crippen molar-refractivity contribution in [3.8, 4) is 11.1 Å². The minimum absolute atomic E-state index is 0.108. The summed E-state index contributed by atoms with van der Waals surface area (Å²) in [7, 11) is 1.91. The molecule has 0 radical (unpaired) electrons. The van der Waals surface area contributed by atoms with Crippen LogP contribution in [0.15, 0.2) is 24.5 Å². The van der Waals surface area contributed by atoms with E-state index in [1.165, 1.54) is 5.69 Å². The van der Waals surface area contributed by atoms with Crippen LogP contribution in [0.4, 0.5) is 11.5 Å². The third-order valence-electron chi connectivity index (χ3n) is 7.35. The molecule has 0 saturated carbocycles. The van der Waals surface area contributed by atoms with E-state index in [1.807, 2.05) is 24.3 Å². The molecular formula is C25H29ClN6O2. The molecule has 3 aliphatic rings. The Morgan fingerprint density at radius 2 is 2.09 bits per heavy atom. The summed E-state index contributed by atoms with van der Waals surface area (Å²) >= 11 is 6.98. The van der Waals surface area contributed by atoms with Gasteiger partial charge in [-0.25, -0.2) is 0 Å². The SMILES string of the molecule is CC(=O)N1CCc2c(c(N3CCCc4c3ccc(-c3cnn(C)c3)c4Cl)nn2C2CCOC2)C1. The van der Waals surface area contributed by atoms with Crippen molar-refractivity contribution in [2.45, 2.75) is 45.2 Å². The predicted molar refractivity (Wildman–Crippen MR) is 130 cm³/mol. The van der Waals surface area contributed by atoms with Crippen molar-refractivity contribution in [3.05, 3.63) is 46.4 Å². The fraction of sp³-hybridized carbons (Fsp3) is 0.480. The number of ether oxygens (including phenoxy) is 1. The Kier molecular flexibility index (Phi) is 5.37. The number of fused-ring (bicyclic) bond motifs is 2. The second-order valence-corrected chi connectivity index (χ2v) is 9.86. The van der Waals surface area contributed by atoms with Gasteiger partial charge < -0.3 is 14.5 Å². The molecule has 1 fully saturated rings. The first-order chi connectivity index (χ1) is 16.5. The van der Waals surface area contributed by atoms with Gasteiger partial charge in [0, 0.05) is 74.4 Å². The number of carbonyl (C=O) groups is 1. The molecule has 178 valence electrons. The van der Waals surface area contributed by atoms with Crippen LogP contribution in [0.5, 0.6) is 0 Å². The highest BCUT2D eigenvalue weighted by Gasteiger charge is 2.34. The minimum atomic E-state index is 0.108. The molecule has 34 heavy (non-hydrogen) atoms. The normalized spacial score (nSPS) is 19.9. The second-order valence-electron chi connectivity index (χ2n) is 9.48. The van der Waals surface area contributed by atoms with Crippen LogP contribution in [-0.4, -0.2) is 56.7 Å². The monoisotopic (exact) mass is 480 g/mol. The molecule has 5 heterocycles. The lowest BCUT2D eigenvalue weighted by molar-refractivity contribution is -0.129. The zero-order valence-electron chi connectivity index (χ0n) is 19.6. The number of carbonyl (C=O) groups excluding carboxylic acids is 1. The number of aromatic nitrogens is 4. The molecule has 9 heteroatoms. The molecule has 6 rings (SSSR count). The maximum Gasteiger partial charge on any atom is 0.219 e. The number of amides is 1. The zero-order chi connectivity index (χ0) is 23.4. The molecular weight excluding hydrogens is 452 g/mol. The molecule has 0 spiro atoms. The number of halogens is 1. The van der Waals surface area contributed by atoms with Gasteiger partial charge in [-0.3, -0.25) is 14.2 Å². The van der Waals surface area contributed by atoms with Crippen LogP contribution >= 0.6 is 11.6 Å². The number of aryl methyl sites for hydroxylation is 1. The van der Waals surface area contributed by atoms with Crippen LogP contribution in [0, 0.1) is 0 Å². The van der Waals surface area contributed by atoms with E-state index in [1.54, 1.807) is 11.6 Å². The molecule has 1 aromatic carbocycles. The predicted octanol–water partition coefficient (Wildman–Crippen LogP) is 3.89. The Bertz CT molecular complexity index is 1260. The molecule has 8 nitrogen and oxygen atoms in total. The highest BCUT2D eigenvalue weighted by molar-refractivity contribution is 6.34. The maximum absolute atomic E-state index is 12.2. The van der Waals surface area contributed by atoms with Crippen LogP contribution in [0.3, 0.4) is 0 Å². The summed E-state index contributed by atoms with van der Waals surface area (Å²) in [5.41, 5.74) is 6.70. The molecule has 1 atom stereocenters. The van der Waals surface area contributed by atoms with Gasteiger partial charge in [0.1, 0.15) is 0 Å². The molecule has 3 aliphatic heterocycles. The number of anilines is 2. The summed E-state index contributed by atoms with van der Waals surface area (Å²) in [6.45, 7) is 5.32. The van der Waals surface area contributed by atoms with Crippen molar-refractivity contribution in [1.29, 1.82) is 0 Å². The van der Waals surface area contributed by atoms with Crippen molar-refractivity contribution >= 4 is 29.0 Å². The van der Waals surface area contributed by atoms with Crippen molar-refractivity contribution in [3.63, 3.8) is 0 Å². The van der Waals surface area contributed by atoms with Gasteiger partial charge in [-0.1, -0.05) is 17.7 Å². The molecule has 1 amide bonds. The first-order valence-corrected chi connectivity index (χ1v) is 12.4. The van der Waals surface area contributed by atoms with E-state index in [4.69, 9.17) is 21.4 Å². The van der Waals surface area contributed by atoms with Crippen LogP contribution in [0.2, 0.25) is 5.02 Å². The van der Waals surface area contributed by atoms with Gasteiger partial charge >= 0.3 is 0 Å². The van der Waals surface area contributed by atoms with Gasteiger partial charge in [0.25, 0.3) is 0 Å². The Labute approximate surface area is 204 Å². The molecule has 1 saturated heterocycles. The highest BCUT2D eigenvalue weighted by Crippen LogP contribution is 2.43. The standard InChI is InChI=1S/C25H29ClN6O2/c1-16(33)30-10-7-23-21(14-30)25(28-32(23)18-8-11-34-15-18)31-9-3-4-20-22(31)6-5-19(24(20)26)17-12-27-29(2)13-17/h5-6,12-13,18H,3-4,7-11,14-15H2,1-2H3. The van der Waals surface area contributed by atoms with E-state index in [0.717, 1.165) is 84.2 Å². The van der Waals surface area contributed by atoms with Crippen LogP contribution < -0.4 is 4.90 Å². The topological polar surface area (TPSA) is 68.4 Å². The van der Waals surface area contributed by atoms with Crippen LogP contribution in [0.1, 0.15) is 42.6 Å². The van der Waals surface area contributed by atoms with Gasteiger partial charge in [0.2, 0.25) is 5.91 Å². The van der Waals surface area contributed by atoms with Gasteiger partial charge in [-0.05, 0) is 30.9 Å². The Hall–Kier alpha value is -2.84. The largest absolute Gasteiger partial charge is 0.379 e. The van der Waals surface area contributed by atoms with Crippen molar-refractivity contribution < 1.29 is 9.53 Å².